The zero-order valence-corrected chi connectivity index (χ0v) is 15.5. The van der Waals surface area contributed by atoms with Crippen LogP contribution in [0.1, 0.15) is 40.0 Å². The summed E-state index contributed by atoms with van der Waals surface area (Å²) in [5.41, 5.74) is 22.5. The summed E-state index contributed by atoms with van der Waals surface area (Å²) in [7, 11) is 0. The Kier molecular flexibility index (Phi) is 9.95. The second-order valence-electron chi connectivity index (χ2n) is 5.92. The van der Waals surface area contributed by atoms with Crippen LogP contribution in [0, 0.1) is 0 Å². The molecule has 0 aliphatic heterocycles. The maximum atomic E-state index is 11.7. The van der Waals surface area contributed by atoms with Crippen LogP contribution >= 0.6 is 0 Å². The first-order chi connectivity index (χ1) is 13.4. The number of rotatable bonds is 7. The second kappa shape index (κ2) is 12.2. The molecule has 150 valence electrons. The monoisotopic (exact) mass is 386 g/mol. The fraction of sp³-hybridized carbons (Fsp3) is 0.250. The number of hydrogen-bond acceptors (Lipinski definition) is 7. The maximum Gasteiger partial charge on any atom is 0.347 e. The lowest BCUT2D eigenvalue weighted by Gasteiger charge is -2.10. The van der Waals surface area contributed by atoms with Gasteiger partial charge < -0.3 is 27.7 Å². The topological polar surface area (TPSA) is 165 Å². The molecule has 0 radical (unpaired) electrons. The quantitative estimate of drug-likeness (QED) is 0.240. The lowest BCUT2D eigenvalue weighted by molar-refractivity contribution is -0.139. The number of hydrogen-bond donors (Lipinski definition) is 4. The summed E-state index contributed by atoms with van der Waals surface area (Å²) in [5, 5.41) is 0. The van der Waals surface area contributed by atoms with Gasteiger partial charge in [0.15, 0.2) is 0 Å². The molecule has 8 heteroatoms. The number of ether oxygens (including phenoxy) is 1. The van der Waals surface area contributed by atoms with Gasteiger partial charge in [-0.3, -0.25) is 4.79 Å². The highest BCUT2D eigenvalue weighted by Gasteiger charge is 2.20. The molecule has 0 aliphatic carbocycles. The number of anilines is 1. The number of nitrogens with two attached hydrogens (primary N) is 4. The predicted octanol–water partition coefficient (Wildman–Crippen LogP) is 1.19. The van der Waals surface area contributed by atoms with E-state index in [1.165, 1.54) is 6.07 Å². The minimum Gasteiger partial charge on any atom is -0.398 e. The molecule has 8 nitrogen and oxygen atoms in total. The largest absolute Gasteiger partial charge is 0.398 e. The van der Waals surface area contributed by atoms with E-state index in [1.54, 1.807) is 42.5 Å². The normalized spacial score (nSPS) is 10.9. The summed E-state index contributed by atoms with van der Waals surface area (Å²) < 4.78 is 4.70. The smallest absolute Gasteiger partial charge is 0.347 e. The average Bonchev–Trinajstić information content (AvgIpc) is 2.69. The molecule has 0 heterocycles. The number of carbonyl (C=O) groups is 3. The molecule has 1 amide bonds. The molecule has 8 N–H and O–H groups in total. The molecule has 0 saturated heterocycles. The number of para-hydroxylation sites is 1. The van der Waals surface area contributed by atoms with Crippen molar-refractivity contribution >= 4 is 23.5 Å². The van der Waals surface area contributed by atoms with Crippen LogP contribution in [0.4, 0.5) is 5.69 Å². The van der Waals surface area contributed by atoms with Crippen molar-refractivity contribution in [2.45, 2.75) is 25.3 Å². The Morgan fingerprint density at radius 2 is 1.54 bits per heavy atom. The molecular weight excluding hydrogens is 360 g/mol. The van der Waals surface area contributed by atoms with Gasteiger partial charge in [0.05, 0.1) is 5.56 Å². The molecule has 28 heavy (non-hydrogen) atoms. The van der Waals surface area contributed by atoms with Crippen molar-refractivity contribution in [2.24, 2.45) is 17.2 Å². The molecule has 0 aromatic heterocycles. The molecule has 0 saturated carbocycles. The Morgan fingerprint density at radius 3 is 2.07 bits per heavy atom. The van der Waals surface area contributed by atoms with Crippen molar-refractivity contribution < 1.29 is 19.1 Å². The molecule has 0 aliphatic rings. The van der Waals surface area contributed by atoms with Gasteiger partial charge in [-0.1, -0.05) is 36.8 Å². The van der Waals surface area contributed by atoms with Crippen LogP contribution in [0.3, 0.4) is 0 Å². The van der Waals surface area contributed by atoms with Crippen molar-refractivity contribution in [3.8, 4) is 0 Å². The fourth-order valence-electron chi connectivity index (χ4n) is 2.13. The Hall–Kier alpha value is -3.23. The summed E-state index contributed by atoms with van der Waals surface area (Å²) in [5.74, 6) is -1.90. The van der Waals surface area contributed by atoms with Crippen LogP contribution < -0.4 is 22.9 Å². The highest BCUT2D eigenvalue weighted by molar-refractivity contribution is 6.01. The second-order valence-corrected chi connectivity index (χ2v) is 5.92. The summed E-state index contributed by atoms with van der Waals surface area (Å²) in [6, 6.07) is 14.3. The van der Waals surface area contributed by atoms with E-state index in [2.05, 4.69) is 0 Å². The average molecular weight is 386 g/mol. The van der Waals surface area contributed by atoms with E-state index in [9.17, 15) is 14.4 Å². The number of benzene rings is 2. The Labute approximate surface area is 163 Å². The number of nitrogen functional groups attached to an aromatic ring is 1. The van der Waals surface area contributed by atoms with Gasteiger partial charge in [0.25, 0.3) is 0 Å². The SMILES string of the molecule is NC(=O)c1ccccc1.NCCCC[C@H](N)C(=O)OC(=O)c1ccccc1N. The molecule has 0 unspecified atom stereocenters. The Bertz CT molecular complexity index is 781. The molecule has 2 aromatic rings. The van der Waals surface area contributed by atoms with E-state index in [0.29, 0.717) is 24.9 Å². The van der Waals surface area contributed by atoms with Gasteiger partial charge in [-0.15, -0.1) is 0 Å². The number of primary amides is 1. The van der Waals surface area contributed by atoms with Crippen molar-refractivity contribution in [2.75, 3.05) is 12.3 Å². The van der Waals surface area contributed by atoms with E-state index in [4.69, 9.17) is 27.7 Å². The van der Waals surface area contributed by atoms with Crippen LogP contribution in [-0.2, 0) is 9.53 Å². The zero-order valence-electron chi connectivity index (χ0n) is 15.5. The highest BCUT2D eigenvalue weighted by atomic mass is 16.6. The molecule has 0 bridgehead atoms. The summed E-state index contributed by atoms with van der Waals surface area (Å²) in [4.78, 5) is 33.7. The number of carbonyl (C=O) groups excluding carboxylic acids is 3. The van der Waals surface area contributed by atoms with Gasteiger partial charge in [-0.2, -0.15) is 0 Å². The third-order valence-corrected chi connectivity index (χ3v) is 3.70. The first-order valence-corrected chi connectivity index (χ1v) is 8.77. The molecule has 1 atom stereocenters. The van der Waals surface area contributed by atoms with Gasteiger partial charge in [-0.25, -0.2) is 9.59 Å². The Balaban J connectivity index is 0.000000362. The van der Waals surface area contributed by atoms with Crippen molar-refractivity contribution in [1.29, 1.82) is 0 Å². The van der Waals surface area contributed by atoms with Gasteiger partial charge in [0, 0.05) is 11.3 Å². The van der Waals surface area contributed by atoms with Gasteiger partial charge in [0.1, 0.15) is 6.04 Å². The van der Waals surface area contributed by atoms with Crippen molar-refractivity contribution in [3.63, 3.8) is 0 Å². The highest BCUT2D eigenvalue weighted by Crippen LogP contribution is 2.12. The molecule has 2 aromatic carbocycles. The van der Waals surface area contributed by atoms with Gasteiger partial charge in [-0.05, 0) is 43.7 Å². The van der Waals surface area contributed by atoms with Crippen molar-refractivity contribution in [3.05, 3.63) is 65.7 Å². The number of unbranched alkanes of at least 4 members (excludes halogenated alkanes) is 1. The van der Waals surface area contributed by atoms with Crippen LogP contribution in [0.2, 0.25) is 0 Å². The van der Waals surface area contributed by atoms with Crippen molar-refractivity contribution in [1.82, 2.24) is 0 Å². The molecular formula is C20H26N4O4. The standard InChI is InChI=1S/C13H19N3O3.C7H7NO/c14-8-4-3-7-11(16)13(18)19-12(17)9-5-1-2-6-10(9)15;8-7(9)6-4-2-1-3-5-6/h1-2,5-6,11H,3-4,7-8,14-16H2;1-5H,(H2,8,9)/t11-;/m0./s1. The summed E-state index contributed by atoms with van der Waals surface area (Å²) in [6.45, 7) is 0.543. The lowest BCUT2D eigenvalue weighted by atomic mass is 10.1. The van der Waals surface area contributed by atoms with Crippen LogP contribution in [-0.4, -0.2) is 30.4 Å². The number of amides is 1. The first-order valence-electron chi connectivity index (χ1n) is 8.77. The van der Waals surface area contributed by atoms with Gasteiger partial charge in [0.2, 0.25) is 5.91 Å². The lowest BCUT2D eigenvalue weighted by Crippen LogP contribution is -2.34. The molecule has 2 rings (SSSR count). The maximum absolute atomic E-state index is 11.7. The van der Waals surface area contributed by atoms with E-state index in [0.717, 1.165) is 6.42 Å². The Morgan fingerprint density at radius 1 is 0.929 bits per heavy atom. The van der Waals surface area contributed by atoms with Crippen LogP contribution in [0.5, 0.6) is 0 Å². The van der Waals surface area contributed by atoms with Crippen LogP contribution in [0.15, 0.2) is 54.6 Å². The summed E-state index contributed by atoms with van der Waals surface area (Å²) in [6.07, 6.45) is 1.93. The third-order valence-electron chi connectivity index (χ3n) is 3.70. The van der Waals surface area contributed by atoms with E-state index < -0.39 is 18.0 Å². The minimum absolute atomic E-state index is 0.157. The van der Waals surface area contributed by atoms with E-state index in [-0.39, 0.29) is 17.2 Å². The third kappa shape index (κ3) is 7.98. The van der Waals surface area contributed by atoms with E-state index in [1.807, 2.05) is 6.07 Å². The molecule has 0 fully saturated rings. The van der Waals surface area contributed by atoms with E-state index >= 15 is 0 Å². The zero-order chi connectivity index (χ0) is 20.9. The fourth-order valence-corrected chi connectivity index (χ4v) is 2.13. The number of esters is 2. The van der Waals surface area contributed by atoms with Gasteiger partial charge >= 0.3 is 11.9 Å². The predicted molar refractivity (Wildman–Crippen MR) is 107 cm³/mol. The molecule has 0 spiro atoms. The summed E-state index contributed by atoms with van der Waals surface area (Å²) >= 11 is 0. The first kappa shape index (κ1) is 22.8. The van der Waals surface area contributed by atoms with Crippen LogP contribution in [0.25, 0.3) is 0 Å². The minimum atomic E-state index is -0.819.